The highest BCUT2D eigenvalue weighted by molar-refractivity contribution is 9.10. The maximum atomic E-state index is 5.51. The molecule has 1 aromatic heterocycles. The molecule has 1 aromatic carbocycles. The van der Waals surface area contributed by atoms with Crippen LogP contribution >= 0.6 is 15.9 Å². The van der Waals surface area contributed by atoms with Crippen molar-refractivity contribution in [3.63, 3.8) is 0 Å². The van der Waals surface area contributed by atoms with Crippen molar-refractivity contribution in [2.75, 3.05) is 13.1 Å². The lowest BCUT2D eigenvalue weighted by atomic mass is 9.92. The zero-order chi connectivity index (χ0) is 13.6. The van der Waals surface area contributed by atoms with Gasteiger partial charge in [0.25, 0.3) is 0 Å². The van der Waals surface area contributed by atoms with E-state index in [4.69, 9.17) is 4.52 Å². The average Bonchev–Trinajstić information content (AvgIpc) is 2.95. The fourth-order valence-corrected chi connectivity index (χ4v) is 3.69. The van der Waals surface area contributed by atoms with Gasteiger partial charge in [-0.1, -0.05) is 33.2 Å². The van der Waals surface area contributed by atoms with Gasteiger partial charge >= 0.3 is 0 Å². The Kier molecular flexibility index (Phi) is 2.93. The molecule has 2 aliphatic rings. The van der Waals surface area contributed by atoms with Crippen molar-refractivity contribution in [3.8, 4) is 11.4 Å². The topological polar surface area (TPSA) is 51.0 Å². The van der Waals surface area contributed by atoms with Crippen LogP contribution in [0.4, 0.5) is 0 Å². The average molecular weight is 334 g/mol. The molecule has 1 atom stereocenters. The number of hydrogen-bond donors (Lipinski definition) is 1. The zero-order valence-corrected chi connectivity index (χ0v) is 12.7. The molecule has 0 bridgehead atoms. The first-order valence-corrected chi connectivity index (χ1v) is 7.86. The number of halogens is 1. The number of rotatable bonds is 2. The summed E-state index contributed by atoms with van der Waals surface area (Å²) in [5.41, 5.74) is 1.43. The molecule has 0 radical (unpaired) electrons. The largest absolute Gasteiger partial charge is 0.339 e. The van der Waals surface area contributed by atoms with Crippen molar-refractivity contribution in [1.82, 2.24) is 15.5 Å². The molecule has 0 amide bonds. The summed E-state index contributed by atoms with van der Waals surface area (Å²) in [4.78, 5) is 4.61. The van der Waals surface area contributed by atoms with E-state index in [0.717, 1.165) is 29.0 Å². The van der Waals surface area contributed by atoms with Gasteiger partial charge in [0.1, 0.15) is 0 Å². The van der Waals surface area contributed by atoms with Crippen LogP contribution in [-0.4, -0.2) is 23.2 Å². The molecule has 20 heavy (non-hydrogen) atoms. The molecule has 104 valence electrons. The van der Waals surface area contributed by atoms with Gasteiger partial charge in [0, 0.05) is 16.0 Å². The van der Waals surface area contributed by atoms with Gasteiger partial charge in [-0.25, -0.2) is 0 Å². The number of nitrogens with zero attached hydrogens (tertiary/aromatic N) is 2. The van der Waals surface area contributed by atoms with Gasteiger partial charge in [-0.05, 0) is 49.9 Å². The summed E-state index contributed by atoms with van der Waals surface area (Å²) in [6, 6.07) is 8.00. The smallest absolute Gasteiger partial charge is 0.230 e. The minimum Gasteiger partial charge on any atom is -0.339 e. The number of aromatic nitrogens is 2. The molecule has 1 aliphatic heterocycles. The molecule has 2 aromatic rings. The lowest BCUT2D eigenvalue weighted by Crippen LogP contribution is -2.29. The highest BCUT2D eigenvalue weighted by Crippen LogP contribution is 2.63. The maximum absolute atomic E-state index is 5.51. The first-order valence-electron chi connectivity index (χ1n) is 7.07. The minimum absolute atomic E-state index is 0.437. The maximum Gasteiger partial charge on any atom is 0.230 e. The van der Waals surface area contributed by atoms with Gasteiger partial charge in [0.2, 0.25) is 11.7 Å². The lowest BCUT2D eigenvalue weighted by Gasteiger charge is -2.22. The van der Waals surface area contributed by atoms with Gasteiger partial charge < -0.3 is 9.84 Å². The van der Waals surface area contributed by atoms with E-state index in [0.29, 0.717) is 17.2 Å². The van der Waals surface area contributed by atoms with Crippen LogP contribution in [0.5, 0.6) is 0 Å². The summed E-state index contributed by atoms with van der Waals surface area (Å²) in [5, 5.41) is 7.56. The van der Waals surface area contributed by atoms with Gasteiger partial charge in [-0.2, -0.15) is 4.98 Å². The van der Waals surface area contributed by atoms with Crippen molar-refractivity contribution in [3.05, 3.63) is 34.6 Å². The minimum atomic E-state index is 0.437. The molecular formula is C15H16BrN3O. The van der Waals surface area contributed by atoms with Crippen molar-refractivity contribution in [2.45, 2.75) is 25.2 Å². The van der Waals surface area contributed by atoms with Crippen molar-refractivity contribution in [2.24, 2.45) is 5.41 Å². The number of benzene rings is 1. The van der Waals surface area contributed by atoms with Crippen LogP contribution in [0.3, 0.4) is 0 Å². The second-order valence-electron chi connectivity index (χ2n) is 5.84. The van der Waals surface area contributed by atoms with E-state index in [1.807, 2.05) is 24.3 Å². The number of piperidine rings is 1. The summed E-state index contributed by atoms with van der Waals surface area (Å²) in [7, 11) is 0. The fraction of sp³-hybridized carbons (Fsp3) is 0.467. The van der Waals surface area contributed by atoms with Crippen LogP contribution in [0.1, 0.15) is 31.1 Å². The van der Waals surface area contributed by atoms with Crippen LogP contribution in [0.15, 0.2) is 33.3 Å². The van der Waals surface area contributed by atoms with Crippen molar-refractivity contribution >= 4 is 15.9 Å². The lowest BCUT2D eigenvalue weighted by molar-refractivity contribution is 0.311. The van der Waals surface area contributed by atoms with Gasteiger partial charge in [0.15, 0.2) is 0 Å². The third kappa shape index (κ3) is 2.09. The highest BCUT2D eigenvalue weighted by Gasteiger charge is 2.57. The van der Waals surface area contributed by atoms with Crippen LogP contribution in [0, 0.1) is 5.41 Å². The number of nitrogens with one attached hydrogen (secondary N) is 1. The molecule has 1 unspecified atom stereocenters. The second kappa shape index (κ2) is 4.67. The molecule has 1 saturated heterocycles. The Labute approximate surface area is 126 Å². The van der Waals surface area contributed by atoms with E-state index < -0.39 is 0 Å². The first-order chi connectivity index (χ1) is 9.77. The first kappa shape index (κ1) is 12.5. The predicted octanol–water partition coefficient (Wildman–Crippen LogP) is 3.36. The Bertz CT molecular complexity index is 634. The quantitative estimate of drug-likeness (QED) is 0.915. The Balaban J connectivity index is 1.57. The summed E-state index contributed by atoms with van der Waals surface area (Å²) >= 11 is 3.47. The van der Waals surface area contributed by atoms with E-state index in [2.05, 4.69) is 31.4 Å². The van der Waals surface area contributed by atoms with Crippen molar-refractivity contribution in [1.29, 1.82) is 0 Å². The summed E-state index contributed by atoms with van der Waals surface area (Å²) in [6.07, 6.45) is 3.66. The Hall–Kier alpha value is -1.20. The number of hydrogen-bond acceptors (Lipinski definition) is 4. The predicted molar refractivity (Wildman–Crippen MR) is 79.3 cm³/mol. The van der Waals surface area contributed by atoms with E-state index in [1.165, 1.54) is 19.3 Å². The molecule has 4 rings (SSSR count). The molecule has 2 heterocycles. The monoisotopic (exact) mass is 333 g/mol. The van der Waals surface area contributed by atoms with Gasteiger partial charge in [0.05, 0.1) is 0 Å². The zero-order valence-electron chi connectivity index (χ0n) is 11.1. The molecule has 4 nitrogen and oxygen atoms in total. The summed E-state index contributed by atoms with van der Waals surface area (Å²) in [5.74, 6) is 1.98. The Morgan fingerprint density at radius 2 is 2.15 bits per heavy atom. The molecule has 1 aliphatic carbocycles. The van der Waals surface area contributed by atoms with Gasteiger partial charge in [-0.15, -0.1) is 0 Å². The Morgan fingerprint density at radius 3 is 2.95 bits per heavy atom. The molecule has 1 spiro atoms. The molecule has 1 saturated carbocycles. The van der Waals surface area contributed by atoms with Crippen LogP contribution < -0.4 is 5.32 Å². The SMILES string of the molecule is Brc1cccc(-c2noc(C3CC34CCNCC4)n2)c1. The summed E-state index contributed by atoms with van der Waals surface area (Å²) < 4.78 is 6.54. The third-order valence-electron chi connectivity index (χ3n) is 4.61. The van der Waals surface area contributed by atoms with E-state index in [1.54, 1.807) is 0 Å². The summed E-state index contributed by atoms with van der Waals surface area (Å²) in [6.45, 7) is 2.23. The molecule has 2 fully saturated rings. The van der Waals surface area contributed by atoms with E-state index in [-0.39, 0.29) is 0 Å². The standard InChI is InChI=1S/C15H16BrN3O/c16-11-3-1-2-10(8-11)13-18-14(20-19-13)12-9-15(12)4-6-17-7-5-15/h1-3,8,12,17H,4-7,9H2. The molecular weight excluding hydrogens is 318 g/mol. The fourth-order valence-electron chi connectivity index (χ4n) is 3.30. The van der Waals surface area contributed by atoms with Gasteiger partial charge in [-0.3, -0.25) is 0 Å². The Morgan fingerprint density at radius 1 is 1.30 bits per heavy atom. The second-order valence-corrected chi connectivity index (χ2v) is 6.75. The normalized spacial score (nSPS) is 23.9. The van der Waals surface area contributed by atoms with Crippen LogP contribution in [0.2, 0.25) is 0 Å². The highest BCUT2D eigenvalue weighted by atomic mass is 79.9. The van der Waals surface area contributed by atoms with E-state index >= 15 is 0 Å². The third-order valence-corrected chi connectivity index (χ3v) is 5.10. The molecule has 5 heteroatoms. The van der Waals surface area contributed by atoms with Crippen molar-refractivity contribution < 1.29 is 4.52 Å². The van der Waals surface area contributed by atoms with Crippen LogP contribution in [-0.2, 0) is 0 Å². The van der Waals surface area contributed by atoms with Crippen LogP contribution in [0.25, 0.3) is 11.4 Å². The molecule has 1 N–H and O–H groups in total. The van der Waals surface area contributed by atoms with E-state index in [9.17, 15) is 0 Å².